The Morgan fingerprint density at radius 3 is 2.45 bits per heavy atom. The summed E-state index contributed by atoms with van der Waals surface area (Å²) < 4.78 is 0. The summed E-state index contributed by atoms with van der Waals surface area (Å²) in [7, 11) is 0. The standard InChI is InChI=1S/C8H14NO2/c1-3-6(2)4-7(10)5-8(9)11/h4,6H,3,5H2,1-2H3,(H2,9,11)/t6-/m0/s1. The molecule has 0 fully saturated rings. The van der Waals surface area contributed by atoms with Gasteiger partial charge in [0.25, 0.3) is 0 Å². The van der Waals surface area contributed by atoms with Gasteiger partial charge in [-0.25, -0.2) is 0 Å². The smallest absolute Gasteiger partial charge is 0.224 e. The number of rotatable bonds is 5. The minimum atomic E-state index is -0.561. The van der Waals surface area contributed by atoms with Crippen LogP contribution in [0, 0.1) is 12.3 Å². The molecule has 0 spiro atoms. The number of primary amides is 1. The summed E-state index contributed by atoms with van der Waals surface area (Å²) >= 11 is 0. The van der Waals surface area contributed by atoms with Crippen LogP contribution in [0.5, 0.6) is 0 Å². The fraction of sp³-hybridized carbons (Fsp3) is 0.625. The second-order valence-electron chi connectivity index (χ2n) is 2.66. The van der Waals surface area contributed by atoms with Gasteiger partial charge in [-0.05, 0) is 5.92 Å². The molecule has 0 aliphatic carbocycles. The SMILES string of the molecule is CC[C@H](C)[CH]C(=O)CC(N)=O. The molecular formula is C8H14NO2. The molecule has 0 heterocycles. The van der Waals surface area contributed by atoms with E-state index in [1.807, 2.05) is 13.8 Å². The van der Waals surface area contributed by atoms with Crippen LogP contribution in [-0.2, 0) is 9.59 Å². The van der Waals surface area contributed by atoms with Gasteiger partial charge >= 0.3 is 0 Å². The molecular weight excluding hydrogens is 142 g/mol. The molecule has 3 nitrogen and oxygen atoms in total. The maximum Gasteiger partial charge on any atom is 0.224 e. The molecule has 0 bridgehead atoms. The molecule has 0 aliphatic heterocycles. The van der Waals surface area contributed by atoms with Crippen LogP contribution in [-0.4, -0.2) is 11.7 Å². The Morgan fingerprint density at radius 1 is 1.55 bits per heavy atom. The average molecular weight is 156 g/mol. The largest absolute Gasteiger partial charge is 0.369 e. The summed E-state index contributed by atoms with van der Waals surface area (Å²) in [5.41, 5.74) is 4.83. The molecule has 0 saturated heterocycles. The molecule has 0 unspecified atom stereocenters. The van der Waals surface area contributed by atoms with Crippen molar-refractivity contribution in [2.24, 2.45) is 11.7 Å². The lowest BCUT2D eigenvalue weighted by molar-refractivity contribution is -0.124. The molecule has 1 amide bonds. The average Bonchev–Trinajstić information content (AvgIpc) is 1.85. The first-order valence-corrected chi connectivity index (χ1v) is 3.72. The highest BCUT2D eigenvalue weighted by Crippen LogP contribution is 2.06. The van der Waals surface area contributed by atoms with E-state index in [4.69, 9.17) is 5.73 Å². The topological polar surface area (TPSA) is 60.2 Å². The van der Waals surface area contributed by atoms with Crippen molar-refractivity contribution in [1.29, 1.82) is 0 Å². The first-order valence-electron chi connectivity index (χ1n) is 3.72. The molecule has 1 radical (unpaired) electrons. The van der Waals surface area contributed by atoms with Gasteiger partial charge in [0.15, 0.2) is 0 Å². The Bertz CT molecular complexity index is 154. The number of amides is 1. The molecule has 3 heteroatoms. The lowest BCUT2D eigenvalue weighted by Gasteiger charge is -2.04. The molecule has 11 heavy (non-hydrogen) atoms. The van der Waals surface area contributed by atoms with Crippen LogP contribution in [0.4, 0.5) is 0 Å². The number of nitrogens with two attached hydrogens (primary N) is 1. The van der Waals surface area contributed by atoms with Gasteiger partial charge in [-0.3, -0.25) is 9.59 Å². The molecule has 0 saturated carbocycles. The number of hydrogen-bond donors (Lipinski definition) is 1. The van der Waals surface area contributed by atoms with Crippen molar-refractivity contribution in [3.8, 4) is 0 Å². The third-order valence-electron chi connectivity index (χ3n) is 1.46. The summed E-state index contributed by atoms with van der Waals surface area (Å²) in [4.78, 5) is 21.1. The highest BCUT2D eigenvalue weighted by atomic mass is 16.2. The van der Waals surface area contributed by atoms with E-state index in [2.05, 4.69) is 0 Å². The van der Waals surface area contributed by atoms with Crippen LogP contribution in [0.25, 0.3) is 0 Å². The third kappa shape index (κ3) is 5.58. The summed E-state index contributed by atoms with van der Waals surface area (Å²) in [5.74, 6) is -0.497. The van der Waals surface area contributed by atoms with E-state index in [9.17, 15) is 9.59 Å². The Balaban J connectivity index is 3.60. The van der Waals surface area contributed by atoms with E-state index < -0.39 is 5.91 Å². The van der Waals surface area contributed by atoms with Gasteiger partial charge in [0.1, 0.15) is 5.78 Å². The van der Waals surface area contributed by atoms with E-state index >= 15 is 0 Å². The quantitative estimate of drug-likeness (QED) is 0.595. The van der Waals surface area contributed by atoms with Gasteiger partial charge in [0, 0.05) is 6.42 Å². The molecule has 0 rings (SSSR count). The molecule has 2 N–H and O–H groups in total. The monoisotopic (exact) mass is 156 g/mol. The van der Waals surface area contributed by atoms with E-state index in [1.165, 1.54) is 0 Å². The van der Waals surface area contributed by atoms with E-state index in [0.717, 1.165) is 6.42 Å². The number of carbonyl (C=O) groups is 2. The molecule has 0 aromatic rings. The minimum Gasteiger partial charge on any atom is -0.369 e. The van der Waals surface area contributed by atoms with Crippen LogP contribution in [0.15, 0.2) is 0 Å². The third-order valence-corrected chi connectivity index (χ3v) is 1.46. The van der Waals surface area contributed by atoms with Gasteiger partial charge in [-0.2, -0.15) is 0 Å². The van der Waals surface area contributed by atoms with Crippen LogP contribution >= 0.6 is 0 Å². The number of carbonyl (C=O) groups excluding carboxylic acids is 2. The lowest BCUT2D eigenvalue weighted by atomic mass is 10.0. The second kappa shape index (κ2) is 4.88. The van der Waals surface area contributed by atoms with Crippen molar-refractivity contribution in [2.45, 2.75) is 26.7 Å². The Labute approximate surface area is 67.0 Å². The summed E-state index contributed by atoms with van der Waals surface area (Å²) in [6, 6.07) is 0. The second-order valence-corrected chi connectivity index (χ2v) is 2.66. The van der Waals surface area contributed by atoms with Gasteiger partial charge in [-0.1, -0.05) is 20.3 Å². The first kappa shape index (κ1) is 10.1. The van der Waals surface area contributed by atoms with E-state index in [1.54, 1.807) is 6.42 Å². The summed E-state index contributed by atoms with van der Waals surface area (Å²) in [5, 5.41) is 0. The van der Waals surface area contributed by atoms with Gasteiger partial charge in [-0.15, -0.1) is 0 Å². The zero-order valence-electron chi connectivity index (χ0n) is 6.96. The van der Waals surface area contributed by atoms with E-state index in [0.29, 0.717) is 0 Å². The fourth-order valence-corrected chi connectivity index (χ4v) is 0.666. The van der Waals surface area contributed by atoms with Crippen molar-refractivity contribution < 1.29 is 9.59 Å². The molecule has 0 aliphatic rings. The van der Waals surface area contributed by atoms with Gasteiger partial charge in [0.2, 0.25) is 5.91 Å². The first-order chi connectivity index (χ1) is 5.06. The Hall–Kier alpha value is -0.860. The Morgan fingerprint density at radius 2 is 2.09 bits per heavy atom. The highest BCUT2D eigenvalue weighted by molar-refractivity contribution is 6.01. The van der Waals surface area contributed by atoms with Crippen LogP contribution in [0.1, 0.15) is 26.7 Å². The normalized spacial score (nSPS) is 12.5. The van der Waals surface area contributed by atoms with Crippen molar-refractivity contribution in [1.82, 2.24) is 0 Å². The number of Topliss-reactive ketones (excluding diaryl/α,β-unsaturated/α-hetero) is 1. The zero-order chi connectivity index (χ0) is 8.85. The molecule has 1 atom stereocenters. The molecule has 63 valence electrons. The minimum absolute atomic E-state index is 0.162. The molecule has 0 aromatic heterocycles. The maximum atomic E-state index is 10.9. The highest BCUT2D eigenvalue weighted by Gasteiger charge is 2.09. The van der Waals surface area contributed by atoms with E-state index in [-0.39, 0.29) is 18.1 Å². The van der Waals surface area contributed by atoms with Crippen LogP contribution in [0.2, 0.25) is 0 Å². The lowest BCUT2D eigenvalue weighted by Crippen LogP contribution is -2.17. The van der Waals surface area contributed by atoms with Crippen molar-refractivity contribution in [3.05, 3.63) is 6.42 Å². The van der Waals surface area contributed by atoms with Crippen molar-refractivity contribution >= 4 is 11.7 Å². The van der Waals surface area contributed by atoms with Gasteiger partial charge < -0.3 is 5.73 Å². The van der Waals surface area contributed by atoms with Crippen molar-refractivity contribution in [2.75, 3.05) is 0 Å². The van der Waals surface area contributed by atoms with Crippen LogP contribution < -0.4 is 5.73 Å². The summed E-state index contributed by atoms with van der Waals surface area (Å²) in [6.45, 7) is 3.91. The molecule has 0 aromatic carbocycles. The van der Waals surface area contributed by atoms with Crippen LogP contribution in [0.3, 0.4) is 0 Å². The maximum absolute atomic E-state index is 10.9. The predicted octanol–water partition coefficient (Wildman–Crippen LogP) is 0.681. The van der Waals surface area contributed by atoms with Gasteiger partial charge in [0.05, 0.1) is 6.42 Å². The Kier molecular flexibility index (Phi) is 4.50. The fourth-order valence-electron chi connectivity index (χ4n) is 0.666. The predicted molar refractivity (Wildman–Crippen MR) is 42.6 cm³/mol. The summed E-state index contributed by atoms with van der Waals surface area (Å²) in [6.07, 6.45) is 2.29. The van der Waals surface area contributed by atoms with Crippen molar-refractivity contribution in [3.63, 3.8) is 0 Å². The number of hydrogen-bond acceptors (Lipinski definition) is 2. The zero-order valence-corrected chi connectivity index (χ0v) is 6.96. The number of ketones is 1.